The summed E-state index contributed by atoms with van der Waals surface area (Å²) in [6, 6.07) is 0. The molecule has 0 aromatic heterocycles. The Morgan fingerprint density at radius 3 is 2.53 bits per heavy atom. The van der Waals surface area contributed by atoms with Crippen molar-refractivity contribution in [1.29, 1.82) is 0 Å². The zero-order valence-electron chi connectivity index (χ0n) is 10.2. The number of nitrogens with zero attached hydrogens (tertiary/aromatic N) is 1. The van der Waals surface area contributed by atoms with Crippen LogP contribution in [-0.4, -0.2) is 31.1 Å². The van der Waals surface area contributed by atoms with Crippen LogP contribution >= 0.6 is 0 Å². The molecular weight excluding hydrogens is 184 g/mol. The lowest BCUT2D eigenvalue weighted by atomic mass is 10.0. The van der Waals surface area contributed by atoms with Gasteiger partial charge >= 0.3 is 0 Å². The Morgan fingerprint density at radius 1 is 1.33 bits per heavy atom. The minimum Gasteiger partial charge on any atom is -0.330 e. The van der Waals surface area contributed by atoms with E-state index in [0.29, 0.717) is 5.41 Å². The molecule has 2 saturated carbocycles. The van der Waals surface area contributed by atoms with Gasteiger partial charge in [-0.1, -0.05) is 6.92 Å². The first-order valence-corrected chi connectivity index (χ1v) is 6.70. The van der Waals surface area contributed by atoms with Gasteiger partial charge in [-0.25, -0.2) is 0 Å². The highest BCUT2D eigenvalue weighted by Crippen LogP contribution is 2.49. The van der Waals surface area contributed by atoms with Gasteiger partial charge in [0.25, 0.3) is 0 Å². The molecule has 0 aromatic rings. The summed E-state index contributed by atoms with van der Waals surface area (Å²) >= 11 is 0. The third-order valence-electron chi connectivity index (χ3n) is 3.94. The zero-order valence-corrected chi connectivity index (χ0v) is 10.2. The van der Waals surface area contributed by atoms with Crippen molar-refractivity contribution in [2.45, 2.75) is 45.4 Å². The molecule has 0 saturated heterocycles. The van der Waals surface area contributed by atoms with Gasteiger partial charge in [-0.15, -0.1) is 0 Å². The van der Waals surface area contributed by atoms with Crippen molar-refractivity contribution in [2.75, 3.05) is 26.2 Å². The summed E-state index contributed by atoms with van der Waals surface area (Å²) < 4.78 is 0. The maximum Gasteiger partial charge on any atom is 0.00386 e. The van der Waals surface area contributed by atoms with Gasteiger partial charge in [0.15, 0.2) is 0 Å². The van der Waals surface area contributed by atoms with Crippen LogP contribution in [0.5, 0.6) is 0 Å². The fourth-order valence-electron chi connectivity index (χ4n) is 2.66. The van der Waals surface area contributed by atoms with Crippen LogP contribution in [0, 0.1) is 11.3 Å². The monoisotopic (exact) mass is 210 g/mol. The summed E-state index contributed by atoms with van der Waals surface area (Å²) in [6.45, 7) is 7.16. The Hall–Kier alpha value is -0.0800. The second-order valence-corrected chi connectivity index (χ2v) is 5.72. The van der Waals surface area contributed by atoms with E-state index in [0.717, 1.165) is 12.5 Å². The fraction of sp³-hybridized carbons (Fsp3) is 1.00. The third-order valence-corrected chi connectivity index (χ3v) is 3.94. The van der Waals surface area contributed by atoms with Crippen molar-refractivity contribution in [2.24, 2.45) is 17.1 Å². The van der Waals surface area contributed by atoms with Gasteiger partial charge in [0.2, 0.25) is 0 Å². The van der Waals surface area contributed by atoms with Crippen molar-refractivity contribution in [3.05, 3.63) is 0 Å². The standard InChI is InChI=1S/C13H26N2/c1-2-9-15(10-12-3-4-12)11-13(5-6-13)7-8-14/h12H,2-11,14H2,1H3. The topological polar surface area (TPSA) is 29.3 Å². The predicted octanol–water partition coefficient (Wildman–Crippen LogP) is 2.24. The van der Waals surface area contributed by atoms with Gasteiger partial charge in [0.1, 0.15) is 0 Å². The van der Waals surface area contributed by atoms with Crippen LogP contribution in [-0.2, 0) is 0 Å². The Morgan fingerprint density at radius 2 is 2.07 bits per heavy atom. The van der Waals surface area contributed by atoms with E-state index in [1.54, 1.807) is 0 Å². The number of hydrogen-bond acceptors (Lipinski definition) is 2. The molecule has 2 nitrogen and oxygen atoms in total. The molecule has 0 heterocycles. The van der Waals surface area contributed by atoms with Crippen molar-refractivity contribution in [3.8, 4) is 0 Å². The number of rotatable bonds is 8. The molecule has 2 heteroatoms. The van der Waals surface area contributed by atoms with Crippen LogP contribution < -0.4 is 5.73 Å². The molecule has 0 aliphatic heterocycles. The van der Waals surface area contributed by atoms with E-state index >= 15 is 0 Å². The highest BCUT2D eigenvalue weighted by atomic mass is 15.1. The first kappa shape index (κ1) is 11.4. The van der Waals surface area contributed by atoms with E-state index in [-0.39, 0.29) is 0 Å². The predicted molar refractivity (Wildman–Crippen MR) is 64.8 cm³/mol. The largest absolute Gasteiger partial charge is 0.330 e. The summed E-state index contributed by atoms with van der Waals surface area (Å²) in [4.78, 5) is 2.71. The quantitative estimate of drug-likeness (QED) is 0.666. The van der Waals surface area contributed by atoms with E-state index < -0.39 is 0 Å². The minimum atomic E-state index is 0.638. The summed E-state index contributed by atoms with van der Waals surface area (Å²) in [6.07, 6.45) is 8.35. The van der Waals surface area contributed by atoms with Crippen molar-refractivity contribution in [3.63, 3.8) is 0 Å². The molecule has 0 aromatic carbocycles. The Labute approximate surface area is 94.2 Å². The molecule has 15 heavy (non-hydrogen) atoms. The van der Waals surface area contributed by atoms with Gasteiger partial charge in [-0.3, -0.25) is 0 Å². The van der Waals surface area contributed by atoms with Gasteiger partial charge in [0.05, 0.1) is 0 Å². The minimum absolute atomic E-state index is 0.638. The summed E-state index contributed by atoms with van der Waals surface area (Å²) in [5.74, 6) is 1.03. The average molecular weight is 210 g/mol. The Balaban J connectivity index is 1.76. The van der Waals surface area contributed by atoms with Gasteiger partial charge in [-0.05, 0) is 62.9 Å². The second kappa shape index (κ2) is 4.84. The van der Waals surface area contributed by atoms with Crippen LogP contribution in [0.25, 0.3) is 0 Å². The summed E-state index contributed by atoms with van der Waals surface area (Å²) in [5.41, 5.74) is 6.34. The maximum absolute atomic E-state index is 5.70. The van der Waals surface area contributed by atoms with E-state index in [9.17, 15) is 0 Å². The van der Waals surface area contributed by atoms with Crippen LogP contribution in [0.3, 0.4) is 0 Å². The molecule has 0 bridgehead atoms. The summed E-state index contributed by atoms with van der Waals surface area (Å²) in [5, 5.41) is 0. The molecule has 2 fully saturated rings. The second-order valence-electron chi connectivity index (χ2n) is 5.72. The fourth-order valence-corrected chi connectivity index (χ4v) is 2.66. The molecule has 88 valence electrons. The van der Waals surface area contributed by atoms with Crippen molar-refractivity contribution >= 4 is 0 Å². The van der Waals surface area contributed by atoms with Crippen molar-refractivity contribution < 1.29 is 0 Å². The molecular formula is C13H26N2. The molecule has 2 N–H and O–H groups in total. The lowest BCUT2D eigenvalue weighted by Gasteiger charge is -2.27. The van der Waals surface area contributed by atoms with Crippen molar-refractivity contribution in [1.82, 2.24) is 4.90 Å². The molecule has 2 rings (SSSR count). The molecule has 0 spiro atoms. The highest BCUT2D eigenvalue weighted by molar-refractivity contribution is 4.96. The summed E-state index contributed by atoms with van der Waals surface area (Å²) in [7, 11) is 0. The zero-order chi connectivity index (χ0) is 10.7. The van der Waals surface area contributed by atoms with E-state index in [1.807, 2.05) is 0 Å². The number of hydrogen-bond donors (Lipinski definition) is 1. The smallest absolute Gasteiger partial charge is 0.00386 e. The van der Waals surface area contributed by atoms with Gasteiger partial charge in [-0.2, -0.15) is 0 Å². The normalized spacial score (nSPS) is 23.4. The molecule has 0 amide bonds. The molecule has 2 aliphatic rings. The van der Waals surface area contributed by atoms with Crippen LogP contribution in [0.1, 0.15) is 45.4 Å². The Kier molecular flexibility index (Phi) is 3.68. The lowest BCUT2D eigenvalue weighted by molar-refractivity contribution is 0.206. The molecule has 2 aliphatic carbocycles. The molecule has 0 radical (unpaired) electrons. The van der Waals surface area contributed by atoms with E-state index in [2.05, 4.69) is 11.8 Å². The van der Waals surface area contributed by atoms with Gasteiger partial charge < -0.3 is 10.6 Å². The third kappa shape index (κ3) is 3.46. The van der Waals surface area contributed by atoms with Crippen LogP contribution in [0.15, 0.2) is 0 Å². The number of nitrogens with two attached hydrogens (primary N) is 1. The molecule has 0 atom stereocenters. The van der Waals surface area contributed by atoms with Crippen LogP contribution in [0.4, 0.5) is 0 Å². The van der Waals surface area contributed by atoms with Crippen LogP contribution in [0.2, 0.25) is 0 Å². The lowest BCUT2D eigenvalue weighted by Crippen LogP contribution is -2.34. The van der Waals surface area contributed by atoms with E-state index in [4.69, 9.17) is 5.73 Å². The first-order valence-electron chi connectivity index (χ1n) is 6.70. The average Bonchev–Trinajstić information content (AvgIpc) is 3.06. The first-order chi connectivity index (χ1) is 7.28. The molecule has 0 unspecified atom stereocenters. The Bertz CT molecular complexity index is 195. The van der Waals surface area contributed by atoms with Gasteiger partial charge in [0, 0.05) is 13.1 Å². The van der Waals surface area contributed by atoms with E-state index in [1.165, 1.54) is 58.2 Å². The maximum atomic E-state index is 5.70. The SMILES string of the molecule is CCCN(CC1CC1)CC1(CCN)CC1. The highest BCUT2D eigenvalue weighted by Gasteiger charge is 2.43.